The van der Waals surface area contributed by atoms with E-state index in [2.05, 4.69) is 42.2 Å². The third-order valence-corrected chi connectivity index (χ3v) is 12.2. The Morgan fingerprint density at radius 3 is 2.54 bits per heavy atom. The summed E-state index contributed by atoms with van der Waals surface area (Å²) in [6, 6.07) is 19.4. The number of fused-ring (bicyclic) bond motifs is 3. The van der Waals surface area contributed by atoms with Crippen molar-refractivity contribution < 1.29 is 38.9 Å². The Kier molecular flexibility index (Phi) is 13.0. The number of hydrogen-bond acceptors (Lipinski definition) is 9. The molecule has 0 aromatic heterocycles. The molecule has 2 amide bonds. The fourth-order valence-corrected chi connectivity index (χ4v) is 9.63. The van der Waals surface area contributed by atoms with Gasteiger partial charge in [0, 0.05) is 50.1 Å². The first kappa shape index (κ1) is 40.5. The summed E-state index contributed by atoms with van der Waals surface area (Å²) >= 11 is 0. The van der Waals surface area contributed by atoms with Gasteiger partial charge in [0.05, 0.1) is 18.2 Å². The molecule has 2 fully saturated rings. The minimum absolute atomic E-state index is 0.0475. The van der Waals surface area contributed by atoms with Gasteiger partial charge >= 0.3 is 6.09 Å². The van der Waals surface area contributed by atoms with Crippen LogP contribution in [-0.2, 0) is 20.9 Å². The average molecular weight is 780 g/mol. The number of amides is 2. The normalized spacial score (nSPS) is 25.4. The highest BCUT2D eigenvalue weighted by atomic mass is 16.7. The van der Waals surface area contributed by atoms with Gasteiger partial charge in [0.25, 0.3) is 0 Å². The SMILES string of the molecule is C=CCOC12Oc3ccc(OC(=O)NCC)cc3C3C(CCCCO)C(CCCCO)C=C(C(=NOC)CC1N(Cc1cccc4ccccc14)C(=O)C1CC1)C32. The zero-order valence-electron chi connectivity index (χ0n) is 33.2. The molecule has 3 aromatic carbocycles. The largest absolute Gasteiger partial charge is 0.459 e. The molecule has 3 aromatic rings. The van der Waals surface area contributed by atoms with Crippen molar-refractivity contribution in [3.63, 3.8) is 0 Å². The van der Waals surface area contributed by atoms with Crippen LogP contribution in [0.3, 0.4) is 0 Å². The fourth-order valence-electron chi connectivity index (χ4n) is 9.63. The molecule has 6 atom stereocenters. The Balaban J connectivity index is 1.45. The maximum Gasteiger partial charge on any atom is 0.412 e. The highest BCUT2D eigenvalue weighted by Crippen LogP contribution is 2.62. The third-order valence-electron chi connectivity index (χ3n) is 12.2. The summed E-state index contributed by atoms with van der Waals surface area (Å²) in [7, 11) is 1.55. The monoisotopic (exact) mass is 779 g/mol. The number of benzene rings is 3. The van der Waals surface area contributed by atoms with E-state index in [-0.39, 0.29) is 49.4 Å². The van der Waals surface area contributed by atoms with Crippen LogP contribution in [0.4, 0.5) is 4.79 Å². The van der Waals surface area contributed by atoms with Crippen LogP contribution in [0.1, 0.15) is 81.8 Å². The van der Waals surface area contributed by atoms with Crippen LogP contribution in [0, 0.1) is 23.7 Å². The number of rotatable bonds is 18. The van der Waals surface area contributed by atoms with E-state index in [0.717, 1.165) is 71.7 Å². The summed E-state index contributed by atoms with van der Waals surface area (Å²) in [5.41, 5.74) is 3.61. The van der Waals surface area contributed by atoms with Crippen molar-refractivity contribution in [1.82, 2.24) is 10.2 Å². The first-order valence-electron chi connectivity index (χ1n) is 20.7. The smallest absolute Gasteiger partial charge is 0.412 e. The Labute approximate surface area is 335 Å². The zero-order chi connectivity index (χ0) is 39.9. The number of allylic oxidation sites excluding steroid dienone is 1. The standard InChI is InChI=1S/C46H57N3O8/c1-4-25-55-46-41(49(44(52)31-19-20-31)29-33-16-12-15-30-13-6-7-17-35(30)33)28-39(48-54-3)37-26-32(14-8-10-23-50)36(18-9-11-24-51)42(43(37)46)38-27-34(21-22-40(38)57-46)56-45(53)47-5-2/h4,6-7,12-13,15-17,21-22,26-27,31-32,36,41-43,50-51H,1,5,8-11,14,18-20,23-25,28-29H2,2-3H3,(H,47,53). The molecule has 11 heteroatoms. The molecule has 3 N–H and O–H groups in total. The summed E-state index contributed by atoms with van der Waals surface area (Å²) in [5.74, 6) is -0.948. The number of aliphatic hydroxyl groups is 2. The van der Waals surface area contributed by atoms with E-state index >= 15 is 0 Å². The molecule has 1 aliphatic heterocycles. The van der Waals surface area contributed by atoms with E-state index in [1.807, 2.05) is 42.2 Å². The number of carbonyl (C=O) groups is 2. The molecular formula is C46H57N3O8. The number of hydrogen-bond donors (Lipinski definition) is 3. The highest BCUT2D eigenvalue weighted by molar-refractivity contribution is 6.03. The molecule has 4 aliphatic rings. The molecule has 6 unspecified atom stereocenters. The Morgan fingerprint density at radius 2 is 1.81 bits per heavy atom. The number of nitrogens with zero attached hydrogens (tertiary/aromatic N) is 2. The molecular weight excluding hydrogens is 723 g/mol. The lowest BCUT2D eigenvalue weighted by molar-refractivity contribution is -0.258. The van der Waals surface area contributed by atoms with E-state index < -0.39 is 23.8 Å². The number of oxime groups is 1. The number of nitrogens with one attached hydrogen (secondary N) is 1. The van der Waals surface area contributed by atoms with Crippen molar-refractivity contribution in [2.24, 2.45) is 28.8 Å². The van der Waals surface area contributed by atoms with Crippen molar-refractivity contribution >= 4 is 28.5 Å². The van der Waals surface area contributed by atoms with Crippen LogP contribution in [0.2, 0.25) is 0 Å². The van der Waals surface area contributed by atoms with Crippen molar-refractivity contribution in [1.29, 1.82) is 0 Å². The summed E-state index contributed by atoms with van der Waals surface area (Å²) in [6.07, 6.45) is 10.1. The second-order valence-electron chi connectivity index (χ2n) is 15.8. The summed E-state index contributed by atoms with van der Waals surface area (Å²) in [4.78, 5) is 35.1. The van der Waals surface area contributed by atoms with Crippen LogP contribution < -0.4 is 14.8 Å². The minimum atomic E-state index is -1.37. The van der Waals surface area contributed by atoms with Gasteiger partial charge in [-0.05, 0) is 97.4 Å². The van der Waals surface area contributed by atoms with E-state index in [4.69, 9.17) is 24.2 Å². The Hall–Kier alpha value is -4.71. The number of ether oxygens (including phenoxy) is 3. The van der Waals surface area contributed by atoms with E-state index in [0.29, 0.717) is 43.9 Å². The summed E-state index contributed by atoms with van der Waals surface area (Å²) in [5, 5.41) is 29.3. The lowest BCUT2D eigenvalue weighted by atomic mass is 9.55. The number of unbranched alkanes of at least 4 members (excludes halogenated alkanes) is 2. The average Bonchev–Trinajstić information content (AvgIpc) is 4.07. The fraction of sp³-hybridized carbons (Fsp3) is 0.500. The molecule has 1 heterocycles. The van der Waals surface area contributed by atoms with Gasteiger partial charge in [-0.25, -0.2) is 4.79 Å². The molecule has 304 valence electrons. The van der Waals surface area contributed by atoms with Gasteiger partial charge in [0.2, 0.25) is 11.7 Å². The van der Waals surface area contributed by atoms with Crippen LogP contribution >= 0.6 is 0 Å². The topological polar surface area (TPSA) is 139 Å². The zero-order valence-corrected chi connectivity index (χ0v) is 33.2. The van der Waals surface area contributed by atoms with Crippen molar-refractivity contribution in [3.05, 3.63) is 96.1 Å². The number of carbonyl (C=O) groups excluding carboxylic acids is 2. The summed E-state index contributed by atoms with van der Waals surface area (Å²) < 4.78 is 20.2. The van der Waals surface area contributed by atoms with E-state index in [9.17, 15) is 19.8 Å². The second kappa shape index (κ2) is 18.3. The molecule has 3 aliphatic carbocycles. The molecule has 11 nitrogen and oxygen atoms in total. The molecule has 0 bridgehead atoms. The first-order valence-corrected chi connectivity index (χ1v) is 20.7. The molecule has 7 rings (SSSR count). The van der Waals surface area contributed by atoms with Gasteiger partial charge in [-0.1, -0.05) is 72.6 Å². The van der Waals surface area contributed by atoms with Gasteiger partial charge in [-0.15, -0.1) is 6.58 Å². The molecule has 0 spiro atoms. The van der Waals surface area contributed by atoms with Crippen molar-refractivity contribution in [2.45, 2.75) is 89.0 Å². The van der Waals surface area contributed by atoms with Crippen LogP contribution in [0.5, 0.6) is 11.5 Å². The third kappa shape index (κ3) is 8.33. The Morgan fingerprint density at radius 1 is 1.04 bits per heavy atom. The lowest BCUT2D eigenvalue weighted by Crippen LogP contribution is -2.70. The maximum atomic E-state index is 14.8. The quantitative estimate of drug-likeness (QED) is 0.0680. The van der Waals surface area contributed by atoms with Crippen molar-refractivity contribution in [3.8, 4) is 11.5 Å². The number of aliphatic hydroxyl groups excluding tert-OH is 2. The summed E-state index contributed by atoms with van der Waals surface area (Å²) in [6.45, 7) is 7.02. The molecule has 57 heavy (non-hydrogen) atoms. The second-order valence-corrected chi connectivity index (χ2v) is 15.8. The molecule has 2 saturated carbocycles. The van der Waals surface area contributed by atoms with Crippen LogP contribution in [0.25, 0.3) is 10.8 Å². The predicted molar refractivity (Wildman–Crippen MR) is 219 cm³/mol. The van der Waals surface area contributed by atoms with E-state index in [1.165, 1.54) is 0 Å². The molecule has 0 radical (unpaired) electrons. The highest BCUT2D eigenvalue weighted by Gasteiger charge is 2.66. The molecule has 0 saturated heterocycles. The van der Waals surface area contributed by atoms with Gasteiger partial charge < -0.3 is 39.5 Å². The van der Waals surface area contributed by atoms with Gasteiger partial charge in [-0.2, -0.15) is 0 Å². The first-order chi connectivity index (χ1) is 27.9. The maximum absolute atomic E-state index is 14.8. The van der Waals surface area contributed by atoms with Crippen molar-refractivity contribution in [2.75, 3.05) is 33.5 Å². The van der Waals surface area contributed by atoms with Gasteiger partial charge in [-0.3, -0.25) is 4.79 Å². The van der Waals surface area contributed by atoms with Gasteiger partial charge in [0.1, 0.15) is 24.7 Å². The van der Waals surface area contributed by atoms with Crippen LogP contribution in [-0.4, -0.2) is 78.1 Å². The minimum Gasteiger partial charge on any atom is -0.459 e. The van der Waals surface area contributed by atoms with E-state index in [1.54, 1.807) is 19.3 Å². The Bertz CT molecular complexity index is 1970. The van der Waals surface area contributed by atoms with Crippen LogP contribution in [0.15, 0.2) is 90.1 Å². The predicted octanol–water partition coefficient (Wildman–Crippen LogP) is 7.65. The van der Waals surface area contributed by atoms with Gasteiger partial charge in [0.15, 0.2) is 0 Å². The lowest BCUT2D eigenvalue weighted by Gasteiger charge is -2.60.